The van der Waals surface area contributed by atoms with Crippen molar-refractivity contribution in [3.05, 3.63) is 0 Å². The molecule has 0 aromatic rings. The minimum absolute atomic E-state index is 0.0808. The number of carbonyl (C=O) groups is 1. The number of likely N-dealkylation sites (N-methyl/N-ethyl adjacent to an activating group) is 1. The number of nitrogens with zero attached hydrogens (tertiary/aromatic N) is 1. The number of ether oxygens (including phenoxy) is 2. The maximum atomic E-state index is 12.0. The van der Waals surface area contributed by atoms with Gasteiger partial charge in [-0.3, -0.25) is 0 Å². The number of rotatable bonds is 5. The average Bonchev–Trinajstić information content (AvgIpc) is 2.78. The van der Waals surface area contributed by atoms with Gasteiger partial charge >= 0.3 is 6.09 Å². The zero-order valence-electron chi connectivity index (χ0n) is 14.5. The molecule has 4 atom stereocenters. The van der Waals surface area contributed by atoms with Crippen molar-refractivity contribution in [2.24, 2.45) is 0 Å². The molecule has 1 aliphatic carbocycles. The number of alkyl carbamates (subject to hydrolysis) is 1. The highest BCUT2D eigenvalue weighted by molar-refractivity contribution is 5.68. The van der Waals surface area contributed by atoms with Gasteiger partial charge in [0.1, 0.15) is 5.60 Å². The molecule has 0 radical (unpaired) electrons. The van der Waals surface area contributed by atoms with Gasteiger partial charge in [-0.2, -0.15) is 0 Å². The van der Waals surface area contributed by atoms with Crippen molar-refractivity contribution in [1.29, 1.82) is 0 Å². The summed E-state index contributed by atoms with van der Waals surface area (Å²) in [6.45, 7) is 10.5. The lowest BCUT2D eigenvalue weighted by molar-refractivity contribution is -0.0462. The summed E-state index contributed by atoms with van der Waals surface area (Å²) in [6.07, 6.45) is 1.82. The van der Waals surface area contributed by atoms with Crippen LogP contribution in [-0.2, 0) is 9.47 Å². The van der Waals surface area contributed by atoms with E-state index < -0.39 is 5.60 Å². The second-order valence-electron chi connectivity index (χ2n) is 7.42. The van der Waals surface area contributed by atoms with E-state index in [2.05, 4.69) is 22.6 Å². The molecule has 6 heteroatoms. The van der Waals surface area contributed by atoms with E-state index in [0.29, 0.717) is 12.6 Å². The van der Waals surface area contributed by atoms with Crippen molar-refractivity contribution in [3.63, 3.8) is 0 Å². The van der Waals surface area contributed by atoms with E-state index in [4.69, 9.17) is 9.47 Å². The van der Waals surface area contributed by atoms with Crippen LogP contribution >= 0.6 is 0 Å². The summed E-state index contributed by atoms with van der Waals surface area (Å²) in [5.74, 6) is 0. The highest BCUT2D eigenvalue weighted by atomic mass is 16.6. The molecule has 0 spiro atoms. The number of hydrogen-bond donors (Lipinski definition) is 2. The fourth-order valence-corrected chi connectivity index (χ4v) is 3.17. The van der Waals surface area contributed by atoms with Gasteiger partial charge in [0.25, 0.3) is 0 Å². The van der Waals surface area contributed by atoms with Gasteiger partial charge in [0.05, 0.1) is 18.2 Å². The summed E-state index contributed by atoms with van der Waals surface area (Å²) in [5.41, 5.74) is -0.468. The summed E-state index contributed by atoms with van der Waals surface area (Å²) in [7, 11) is 2.14. The monoisotopic (exact) mass is 313 g/mol. The third-order valence-electron chi connectivity index (χ3n) is 4.22. The number of likely N-dealkylation sites (tertiary alicyclic amines) is 1. The number of hydrogen-bond acceptors (Lipinski definition) is 5. The van der Waals surface area contributed by atoms with E-state index in [1.807, 2.05) is 27.7 Å². The highest BCUT2D eigenvalue weighted by Gasteiger charge is 2.44. The molecule has 1 saturated carbocycles. The van der Waals surface area contributed by atoms with Crippen molar-refractivity contribution in [2.45, 2.75) is 70.4 Å². The predicted molar refractivity (Wildman–Crippen MR) is 86.0 cm³/mol. The smallest absolute Gasteiger partial charge is 0.407 e. The van der Waals surface area contributed by atoms with Crippen LogP contribution in [0.4, 0.5) is 4.79 Å². The lowest BCUT2D eigenvalue weighted by Gasteiger charge is -2.46. The van der Waals surface area contributed by atoms with Crippen LogP contribution in [0.15, 0.2) is 0 Å². The summed E-state index contributed by atoms with van der Waals surface area (Å²) >= 11 is 0. The largest absolute Gasteiger partial charge is 0.444 e. The second-order valence-corrected chi connectivity index (χ2v) is 7.42. The first kappa shape index (κ1) is 17.5. The molecule has 0 aromatic carbocycles. The maximum absolute atomic E-state index is 12.0. The van der Waals surface area contributed by atoms with Crippen LogP contribution in [0.5, 0.6) is 0 Å². The SMILES string of the molecule is CCOC1CC(NC(=O)OC(C)(C)C)C1NC1CCN(C)C1. The molecule has 1 aliphatic heterocycles. The number of carbonyl (C=O) groups excluding carboxylic acids is 1. The molecule has 22 heavy (non-hydrogen) atoms. The number of nitrogens with one attached hydrogen (secondary N) is 2. The Bertz CT molecular complexity index is 383. The van der Waals surface area contributed by atoms with Gasteiger partial charge in [0.2, 0.25) is 0 Å². The molecule has 4 unspecified atom stereocenters. The minimum atomic E-state index is -0.468. The molecule has 2 aliphatic rings. The lowest BCUT2D eigenvalue weighted by Crippen LogP contribution is -2.68. The Labute approximate surface area is 133 Å². The van der Waals surface area contributed by atoms with Crippen LogP contribution in [0, 0.1) is 0 Å². The van der Waals surface area contributed by atoms with Crippen LogP contribution in [0.2, 0.25) is 0 Å². The zero-order chi connectivity index (χ0) is 16.3. The Kier molecular flexibility index (Phi) is 5.69. The summed E-state index contributed by atoms with van der Waals surface area (Å²) in [5, 5.41) is 6.64. The molecular weight excluding hydrogens is 282 g/mol. The van der Waals surface area contributed by atoms with Gasteiger partial charge in [-0.1, -0.05) is 0 Å². The fourth-order valence-electron chi connectivity index (χ4n) is 3.17. The molecule has 1 amide bonds. The van der Waals surface area contributed by atoms with Crippen molar-refractivity contribution in [1.82, 2.24) is 15.5 Å². The fraction of sp³-hybridized carbons (Fsp3) is 0.938. The van der Waals surface area contributed by atoms with Crippen molar-refractivity contribution < 1.29 is 14.3 Å². The van der Waals surface area contributed by atoms with E-state index in [-0.39, 0.29) is 24.3 Å². The van der Waals surface area contributed by atoms with Crippen molar-refractivity contribution >= 4 is 6.09 Å². The Morgan fingerprint density at radius 2 is 2.09 bits per heavy atom. The molecule has 2 fully saturated rings. The highest BCUT2D eigenvalue weighted by Crippen LogP contribution is 2.26. The minimum Gasteiger partial charge on any atom is -0.444 e. The molecule has 1 saturated heterocycles. The van der Waals surface area contributed by atoms with Crippen molar-refractivity contribution in [3.8, 4) is 0 Å². The third kappa shape index (κ3) is 4.83. The van der Waals surface area contributed by atoms with Crippen LogP contribution < -0.4 is 10.6 Å². The first-order valence-electron chi connectivity index (χ1n) is 8.34. The standard InChI is InChI=1S/C16H31N3O3/c1-6-21-13-9-12(18-15(20)22-16(2,3)4)14(13)17-11-7-8-19(5)10-11/h11-14,17H,6-10H2,1-5H3,(H,18,20). The van der Waals surface area contributed by atoms with E-state index >= 15 is 0 Å². The first-order chi connectivity index (χ1) is 10.3. The Hall–Kier alpha value is -0.850. The van der Waals surface area contributed by atoms with Crippen molar-refractivity contribution in [2.75, 3.05) is 26.7 Å². The van der Waals surface area contributed by atoms with Gasteiger partial charge < -0.3 is 25.0 Å². The predicted octanol–water partition coefficient (Wildman–Crippen LogP) is 1.35. The molecular formula is C16H31N3O3. The van der Waals surface area contributed by atoms with E-state index in [1.165, 1.54) is 0 Å². The Morgan fingerprint density at radius 1 is 1.36 bits per heavy atom. The average molecular weight is 313 g/mol. The zero-order valence-corrected chi connectivity index (χ0v) is 14.5. The molecule has 0 aromatic heterocycles. The summed E-state index contributed by atoms with van der Waals surface area (Å²) < 4.78 is 11.1. The molecule has 0 bridgehead atoms. The van der Waals surface area contributed by atoms with Crippen LogP contribution in [0.1, 0.15) is 40.5 Å². The van der Waals surface area contributed by atoms with Crippen LogP contribution in [0.25, 0.3) is 0 Å². The van der Waals surface area contributed by atoms with Gasteiger partial charge in [0, 0.05) is 19.2 Å². The third-order valence-corrected chi connectivity index (χ3v) is 4.22. The van der Waals surface area contributed by atoms with Gasteiger partial charge in [-0.25, -0.2) is 4.79 Å². The van der Waals surface area contributed by atoms with Gasteiger partial charge in [0.15, 0.2) is 0 Å². The van der Waals surface area contributed by atoms with Gasteiger partial charge in [-0.15, -0.1) is 0 Å². The van der Waals surface area contributed by atoms with E-state index in [0.717, 1.165) is 25.9 Å². The summed E-state index contributed by atoms with van der Waals surface area (Å²) in [4.78, 5) is 14.3. The topological polar surface area (TPSA) is 62.8 Å². The molecule has 6 nitrogen and oxygen atoms in total. The normalized spacial score (nSPS) is 32.6. The molecule has 1 heterocycles. The summed E-state index contributed by atoms with van der Waals surface area (Å²) in [6, 6.07) is 0.725. The Morgan fingerprint density at radius 3 is 2.64 bits per heavy atom. The molecule has 128 valence electrons. The van der Waals surface area contributed by atoms with E-state index in [9.17, 15) is 4.79 Å². The van der Waals surface area contributed by atoms with Gasteiger partial charge in [-0.05, 0) is 54.1 Å². The lowest BCUT2D eigenvalue weighted by atomic mass is 9.82. The maximum Gasteiger partial charge on any atom is 0.407 e. The Balaban J connectivity index is 1.85. The quantitative estimate of drug-likeness (QED) is 0.802. The first-order valence-corrected chi connectivity index (χ1v) is 8.34. The number of amides is 1. The molecule has 2 rings (SSSR count). The van der Waals surface area contributed by atoms with Crippen LogP contribution in [-0.4, -0.2) is 67.6 Å². The van der Waals surface area contributed by atoms with Crippen LogP contribution in [0.3, 0.4) is 0 Å². The van der Waals surface area contributed by atoms with E-state index in [1.54, 1.807) is 0 Å². The molecule has 2 N–H and O–H groups in total. The second kappa shape index (κ2) is 7.15.